The summed E-state index contributed by atoms with van der Waals surface area (Å²) < 4.78 is 9.84. The van der Waals surface area contributed by atoms with Gasteiger partial charge >= 0.3 is 0 Å². The number of nitrogens with zero attached hydrogens (tertiary/aromatic N) is 2. The molecule has 0 spiro atoms. The number of methoxy groups -OCH3 is 1. The van der Waals surface area contributed by atoms with Crippen molar-refractivity contribution in [3.63, 3.8) is 0 Å². The molecule has 0 bridgehead atoms. The lowest BCUT2D eigenvalue weighted by molar-refractivity contribution is -0.119. The fourth-order valence-electron chi connectivity index (χ4n) is 1.06. The SMILES string of the molecule is COCC(=O)Nc1nnc(-c2ccco2)s1. The van der Waals surface area contributed by atoms with Gasteiger partial charge in [0.25, 0.3) is 5.91 Å². The van der Waals surface area contributed by atoms with Crippen LogP contribution >= 0.6 is 11.3 Å². The van der Waals surface area contributed by atoms with Crippen molar-refractivity contribution in [1.82, 2.24) is 10.2 Å². The van der Waals surface area contributed by atoms with Crippen molar-refractivity contribution in [3.05, 3.63) is 18.4 Å². The van der Waals surface area contributed by atoms with Crippen LogP contribution in [-0.2, 0) is 9.53 Å². The number of amides is 1. The van der Waals surface area contributed by atoms with E-state index in [0.29, 0.717) is 15.9 Å². The maximum absolute atomic E-state index is 11.2. The summed E-state index contributed by atoms with van der Waals surface area (Å²) in [6.07, 6.45) is 1.56. The van der Waals surface area contributed by atoms with E-state index in [1.54, 1.807) is 18.4 Å². The topological polar surface area (TPSA) is 77.2 Å². The van der Waals surface area contributed by atoms with Gasteiger partial charge in [0.15, 0.2) is 10.8 Å². The van der Waals surface area contributed by atoms with Gasteiger partial charge in [0.05, 0.1) is 6.26 Å². The Kier molecular flexibility index (Phi) is 3.28. The Morgan fingerprint density at radius 1 is 1.62 bits per heavy atom. The first-order chi connectivity index (χ1) is 7.79. The summed E-state index contributed by atoms with van der Waals surface area (Å²) in [6.45, 7) is -0.00430. The number of aromatic nitrogens is 2. The Morgan fingerprint density at radius 3 is 3.19 bits per heavy atom. The van der Waals surface area contributed by atoms with Crippen molar-refractivity contribution in [2.24, 2.45) is 0 Å². The zero-order chi connectivity index (χ0) is 11.4. The first-order valence-electron chi connectivity index (χ1n) is 4.46. The van der Waals surface area contributed by atoms with Crippen LogP contribution in [0.25, 0.3) is 10.8 Å². The van der Waals surface area contributed by atoms with Gasteiger partial charge in [0.2, 0.25) is 5.13 Å². The summed E-state index contributed by atoms with van der Waals surface area (Å²) in [7, 11) is 1.45. The molecule has 1 amide bonds. The van der Waals surface area contributed by atoms with Crippen molar-refractivity contribution in [2.45, 2.75) is 0 Å². The predicted octanol–water partition coefficient (Wildman–Crippen LogP) is 1.38. The third kappa shape index (κ3) is 2.44. The Balaban J connectivity index is 2.06. The maximum Gasteiger partial charge on any atom is 0.252 e. The number of furan rings is 1. The quantitative estimate of drug-likeness (QED) is 0.872. The highest BCUT2D eigenvalue weighted by atomic mass is 32.1. The lowest BCUT2D eigenvalue weighted by Crippen LogP contribution is -2.16. The number of rotatable bonds is 4. The Bertz CT molecular complexity index is 466. The van der Waals surface area contributed by atoms with Crippen LogP contribution in [-0.4, -0.2) is 29.8 Å². The summed E-state index contributed by atoms with van der Waals surface area (Å²) in [6, 6.07) is 3.54. The Labute approximate surface area is 95.3 Å². The third-order valence-corrected chi connectivity index (χ3v) is 2.53. The number of hydrogen-bond donors (Lipinski definition) is 1. The van der Waals surface area contributed by atoms with Crippen LogP contribution < -0.4 is 5.32 Å². The average molecular weight is 239 g/mol. The summed E-state index contributed by atoms with van der Waals surface area (Å²) in [5, 5.41) is 11.3. The molecule has 7 heteroatoms. The molecular weight excluding hydrogens is 230 g/mol. The molecule has 84 valence electrons. The van der Waals surface area contributed by atoms with Crippen molar-refractivity contribution < 1.29 is 13.9 Å². The Morgan fingerprint density at radius 2 is 2.50 bits per heavy atom. The molecule has 0 saturated heterocycles. The molecule has 0 atom stereocenters. The summed E-state index contributed by atoms with van der Waals surface area (Å²) in [4.78, 5) is 11.2. The van der Waals surface area contributed by atoms with E-state index >= 15 is 0 Å². The number of anilines is 1. The van der Waals surface area contributed by atoms with E-state index in [0.717, 1.165) is 0 Å². The highest BCUT2D eigenvalue weighted by molar-refractivity contribution is 7.18. The van der Waals surface area contributed by atoms with Crippen molar-refractivity contribution in [1.29, 1.82) is 0 Å². The van der Waals surface area contributed by atoms with Gasteiger partial charge in [-0.05, 0) is 12.1 Å². The van der Waals surface area contributed by atoms with Crippen molar-refractivity contribution in [3.8, 4) is 10.8 Å². The standard InChI is InChI=1S/C9H9N3O3S/c1-14-5-7(13)10-9-12-11-8(16-9)6-3-2-4-15-6/h2-4H,5H2,1H3,(H,10,12,13). The van der Waals surface area contributed by atoms with Crippen LogP contribution in [0.15, 0.2) is 22.8 Å². The largest absolute Gasteiger partial charge is 0.462 e. The maximum atomic E-state index is 11.2. The monoisotopic (exact) mass is 239 g/mol. The third-order valence-electron chi connectivity index (χ3n) is 1.68. The fourth-order valence-corrected chi connectivity index (χ4v) is 1.79. The zero-order valence-electron chi connectivity index (χ0n) is 8.47. The van der Waals surface area contributed by atoms with Gasteiger partial charge in [-0.3, -0.25) is 10.1 Å². The van der Waals surface area contributed by atoms with Gasteiger partial charge in [-0.1, -0.05) is 11.3 Å². The van der Waals surface area contributed by atoms with Crippen LogP contribution in [0.5, 0.6) is 0 Å². The van der Waals surface area contributed by atoms with Crippen LogP contribution in [0.1, 0.15) is 0 Å². The molecule has 0 aliphatic rings. The van der Waals surface area contributed by atoms with E-state index in [-0.39, 0.29) is 12.5 Å². The van der Waals surface area contributed by atoms with E-state index in [4.69, 9.17) is 4.42 Å². The first kappa shape index (κ1) is 10.8. The van der Waals surface area contributed by atoms with Gasteiger partial charge in [0, 0.05) is 7.11 Å². The number of carbonyl (C=O) groups excluding carboxylic acids is 1. The lowest BCUT2D eigenvalue weighted by atomic mass is 10.5. The fraction of sp³-hybridized carbons (Fsp3) is 0.222. The molecule has 0 unspecified atom stereocenters. The Hall–Kier alpha value is -1.73. The zero-order valence-corrected chi connectivity index (χ0v) is 9.28. The minimum Gasteiger partial charge on any atom is -0.462 e. The number of hydrogen-bond acceptors (Lipinski definition) is 6. The molecule has 0 radical (unpaired) electrons. The second-order valence-corrected chi connectivity index (χ2v) is 3.85. The minimum atomic E-state index is -0.260. The van der Waals surface area contributed by atoms with Gasteiger partial charge in [0.1, 0.15) is 6.61 Å². The molecule has 1 N–H and O–H groups in total. The lowest BCUT2D eigenvalue weighted by Gasteiger charge is -1.97. The van der Waals surface area contributed by atoms with E-state index in [9.17, 15) is 4.79 Å². The van der Waals surface area contributed by atoms with Gasteiger partial charge in [-0.2, -0.15) is 0 Å². The molecule has 0 aliphatic heterocycles. The van der Waals surface area contributed by atoms with E-state index < -0.39 is 0 Å². The van der Waals surface area contributed by atoms with Gasteiger partial charge < -0.3 is 9.15 Å². The van der Waals surface area contributed by atoms with Crippen LogP contribution in [0.3, 0.4) is 0 Å². The molecule has 6 nitrogen and oxygen atoms in total. The second kappa shape index (κ2) is 4.86. The molecule has 2 aromatic rings. The number of carbonyl (C=O) groups is 1. The van der Waals surface area contributed by atoms with E-state index in [1.807, 2.05) is 0 Å². The first-order valence-corrected chi connectivity index (χ1v) is 5.27. The summed E-state index contributed by atoms with van der Waals surface area (Å²) in [5.41, 5.74) is 0. The molecule has 0 fully saturated rings. The average Bonchev–Trinajstić information content (AvgIpc) is 2.86. The smallest absolute Gasteiger partial charge is 0.252 e. The van der Waals surface area contributed by atoms with Crippen LogP contribution in [0, 0.1) is 0 Å². The molecular formula is C9H9N3O3S. The van der Waals surface area contributed by atoms with Gasteiger partial charge in [-0.15, -0.1) is 10.2 Å². The molecule has 16 heavy (non-hydrogen) atoms. The summed E-state index contributed by atoms with van der Waals surface area (Å²) >= 11 is 1.24. The van der Waals surface area contributed by atoms with Crippen LogP contribution in [0.2, 0.25) is 0 Å². The second-order valence-electron chi connectivity index (χ2n) is 2.87. The highest BCUT2D eigenvalue weighted by Gasteiger charge is 2.10. The molecule has 2 aromatic heterocycles. The van der Waals surface area contributed by atoms with E-state index in [2.05, 4.69) is 20.3 Å². The molecule has 0 aromatic carbocycles. The molecule has 0 saturated carbocycles. The summed E-state index contributed by atoms with van der Waals surface area (Å²) in [5.74, 6) is 0.370. The normalized spacial score (nSPS) is 10.3. The predicted molar refractivity (Wildman–Crippen MR) is 58.1 cm³/mol. The highest BCUT2D eigenvalue weighted by Crippen LogP contribution is 2.26. The van der Waals surface area contributed by atoms with Crippen molar-refractivity contribution in [2.75, 3.05) is 19.0 Å². The number of ether oxygens (including phenoxy) is 1. The van der Waals surface area contributed by atoms with Crippen molar-refractivity contribution >= 4 is 22.4 Å². The van der Waals surface area contributed by atoms with Crippen LogP contribution in [0.4, 0.5) is 5.13 Å². The minimum absolute atomic E-state index is 0.00430. The molecule has 2 heterocycles. The molecule has 2 rings (SSSR count). The van der Waals surface area contributed by atoms with Gasteiger partial charge in [-0.25, -0.2) is 0 Å². The molecule has 0 aliphatic carbocycles. The van der Waals surface area contributed by atoms with E-state index in [1.165, 1.54) is 18.4 Å². The number of nitrogens with one attached hydrogen (secondary N) is 1.